The summed E-state index contributed by atoms with van der Waals surface area (Å²) in [6, 6.07) is 4.65. The molecule has 0 aromatic heterocycles. The van der Waals surface area contributed by atoms with Gasteiger partial charge in [-0.05, 0) is 19.0 Å². The first-order valence-corrected chi connectivity index (χ1v) is 5.77. The lowest BCUT2D eigenvalue weighted by Crippen LogP contribution is -2.19. The maximum Gasteiger partial charge on any atom is 0.274 e. The Labute approximate surface area is 101 Å². The summed E-state index contributed by atoms with van der Waals surface area (Å²) in [5.41, 5.74) is 0.0373. The Morgan fingerprint density at radius 2 is 2.31 bits per heavy atom. The van der Waals surface area contributed by atoms with Gasteiger partial charge < -0.3 is 10.1 Å². The third kappa shape index (κ3) is 2.70. The molecule has 5 nitrogen and oxygen atoms in total. The molecule has 1 atom stereocenters. The van der Waals surface area contributed by atoms with Crippen molar-refractivity contribution in [2.75, 3.05) is 13.1 Å². The first-order valence-electron chi connectivity index (χ1n) is 4.97. The summed E-state index contributed by atoms with van der Waals surface area (Å²) in [6.45, 7) is 1.72. The molecule has 0 amide bonds. The van der Waals surface area contributed by atoms with Crippen molar-refractivity contribution in [2.24, 2.45) is 0 Å². The molecule has 2 rings (SSSR count). The molecule has 0 spiro atoms. The van der Waals surface area contributed by atoms with E-state index in [0.717, 1.165) is 19.5 Å². The van der Waals surface area contributed by atoms with Gasteiger partial charge in [0.05, 0.1) is 11.0 Å². The molecule has 0 bridgehead atoms. The third-order valence-electron chi connectivity index (χ3n) is 2.38. The van der Waals surface area contributed by atoms with Gasteiger partial charge in [0.15, 0.2) is 0 Å². The van der Waals surface area contributed by atoms with Crippen LogP contribution in [-0.4, -0.2) is 24.1 Å². The van der Waals surface area contributed by atoms with E-state index in [1.165, 1.54) is 12.1 Å². The van der Waals surface area contributed by atoms with Crippen LogP contribution in [0.3, 0.4) is 0 Å². The highest BCUT2D eigenvalue weighted by Gasteiger charge is 2.17. The molecular weight excluding hydrogens is 276 g/mol. The Kier molecular flexibility index (Phi) is 3.40. The van der Waals surface area contributed by atoms with Crippen LogP contribution in [0, 0.1) is 10.1 Å². The summed E-state index contributed by atoms with van der Waals surface area (Å²) in [6.07, 6.45) is 1.04. The predicted molar refractivity (Wildman–Crippen MR) is 62.7 cm³/mol. The molecule has 0 unspecified atom stereocenters. The first kappa shape index (κ1) is 11.3. The van der Waals surface area contributed by atoms with Gasteiger partial charge in [-0.15, -0.1) is 0 Å². The molecule has 0 radical (unpaired) electrons. The first-order chi connectivity index (χ1) is 7.65. The molecule has 1 heterocycles. The van der Waals surface area contributed by atoms with Crippen LogP contribution >= 0.6 is 15.9 Å². The fourth-order valence-corrected chi connectivity index (χ4v) is 2.10. The monoisotopic (exact) mass is 286 g/mol. The lowest BCUT2D eigenvalue weighted by Gasteiger charge is -2.12. The lowest BCUT2D eigenvalue weighted by atomic mass is 10.3. The fourth-order valence-electron chi connectivity index (χ4n) is 1.64. The number of halogens is 1. The highest BCUT2D eigenvalue weighted by Crippen LogP contribution is 2.27. The summed E-state index contributed by atoms with van der Waals surface area (Å²) in [7, 11) is 0. The van der Waals surface area contributed by atoms with Crippen molar-refractivity contribution < 1.29 is 9.66 Å². The number of ether oxygens (including phenoxy) is 1. The van der Waals surface area contributed by atoms with Crippen LogP contribution in [0.25, 0.3) is 0 Å². The van der Waals surface area contributed by atoms with Crippen LogP contribution in [0.4, 0.5) is 5.69 Å². The molecule has 1 fully saturated rings. The van der Waals surface area contributed by atoms with Crippen LogP contribution in [-0.2, 0) is 0 Å². The number of non-ortho nitro benzene ring substituents is 1. The molecule has 1 aromatic rings. The van der Waals surface area contributed by atoms with E-state index < -0.39 is 4.92 Å². The van der Waals surface area contributed by atoms with E-state index in [4.69, 9.17) is 4.74 Å². The summed E-state index contributed by atoms with van der Waals surface area (Å²) >= 11 is 3.23. The van der Waals surface area contributed by atoms with Gasteiger partial charge in [-0.1, -0.05) is 15.9 Å². The molecule has 1 aromatic carbocycles. The normalized spacial score (nSPS) is 19.7. The van der Waals surface area contributed by atoms with Crippen molar-refractivity contribution in [1.29, 1.82) is 0 Å². The van der Waals surface area contributed by atoms with Gasteiger partial charge in [0.25, 0.3) is 5.69 Å². The second kappa shape index (κ2) is 4.80. The Balaban J connectivity index is 2.16. The van der Waals surface area contributed by atoms with E-state index >= 15 is 0 Å². The molecule has 1 aliphatic heterocycles. The Bertz CT molecular complexity index is 405. The lowest BCUT2D eigenvalue weighted by molar-refractivity contribution is -0.385. The molecular formula is C10H11BrN2O3. The van der Waals surface area contributed by atoms with Crippen LogP contribution in [0.2, 0.25) is 0 Å². The predicted octanol–water partition coefficient (Wildman–Crippen LogP) is 2.10. The van der Waals surface area contributed by atoms with Gasteiger partial charge in [0, 0.05) is 17.1 Å². The fraction of sp³-hybridized carbons (Fsp3) is 0.400. The molecule has 6 heteroatoms. The molecule has 0 saturated carbocycles. The summed E-state index contributed by atoms with van der Waals surface area (Å²) in [5, 5.41) is 13.8. The number of hydrogen-bond donors (Lipinski definition) is 1. The number of hydrogen-bond acceptors (Lipinski definition) is 4. The Morgan fingerprint density at radius 1 is 1.50 bits per heavy atom. The topological polar surface area (TPSA) is 64.4 Å². The van der Waals surface area contributed by atoms with Crippen LogP contribution in [0.15, 0.2) is 22.7 Å². The quantitative estimate of drug-likeness (QED) is 0.683. The number of nitro benzene ring substituents is 1. The number of rotatable bonds is 3. The second-order valence-electron chi connectivity index (χ2n) is 3.63. The molecule has 86 valence electrons. The van der Waals surface area contributed by atoms with Crippen molar-refractivity contribution in [3.8, 4) is 5.75 Å². The molecule has 1 N–H and O–H groups in total. The van der Waals surface area contributed by atoms with Crippen LogP contribution in [0.5, 0.6) is 5.75 Å². The van der Waals surface area contributed by atoms with Gasteiger partial charge in [-0.3, -0.25) is 10.1 Å². The maximum atomic E-state index is 10.7. The second-order valence-corrected chi connectivity index (χ2v) is 4.55. The van der Waals surface area contributed by atoms with Crippen molar-refractivity contribution in [3.63, 3.8) is 0 Å². The molecule has 16 heavy (non-hydrogen) atoms. The third-order valence-corrected chi connectivity index (χ3v) is 2.84. The zero-order chi connectivity index (χ0) is 11.5. The average Bonchev–Trinajstić information content (AvgIpc) is 2.69. The van der Waals surface area contributed by atoms with Gasteiger partial charge >= 0.3 is 0 Å². The number of nitrogens with one attached hydrogen (secondary N) is 1. The van der Waals surface area contributed by atoms with Crippen LogP contribution < -0.4 is 10.1 Å². The minimum atomic E-state index is -0.426. The van der Waals surface area contributed by atoms with E-state index in [-0.39, 0.29) is 11.8 Å². The zero-order valence-electron chi connectivity index (χ0n) is 8.48. The Hall–Kier alpha value is -1.14. The SMILES string of the molecule is O=[N+]([O-])c1cc(Br)cc(O[C@@H]2CCNC2)c1. The van der Waals surface area contributed by atoms with Crippen molar-refractivity contribution >= 4 is 21.6 Å². The minimum absolute atomic E-state index is 0.0373. The van der Waals surface area contributed by atoms with Crippen molar-refractivity contribution in [1.82, 2.24) is 5.32 Å². The van der Waals surface area contributed by atoms with Gasteiger partial charge in [-0.25, -0.2) is 0 Å². The Morgan fingerprint density at radius 3 is 2.94 bits per heavy atom. The summed E-state index contributed by atoms with van der Waals surface area (Å²) in [4.78, 5) is 10.2. The summed E-state index contributed by atoms with van der Waals surface area (Å²) in [5.74, 6) is 0.537. The number of nitro groups is 1. The largest absolute Gasteiger partial charge is 0.489 e. The molecule has 1 saturated heterocycles. The number of nitrogens with zero attached hydrogens (tertiary/aromatic N) is 1. The van der Waals surface area contributed by atoms with E-state index in [0.29, 0.717) is 10.2 Å². The van der Waals surface area contributed by atoms with Gasteiger partial charge in [-0.2, -0.15) is 0 Å². The summed E-state index contributed by atoms with van der Waals surface area (Å²) < 4.78 is 6.31. The van der Waals surface area contributed by atoms with Crippen molar-refractivity contribution in [3.05, 3.63) is 32.8 Å². The zero-order valence-corrected chi connectivity index (χ0v) is 10.1. The smallest absolute Gasteiger partial charge is 0.274 e. The van der Waals surface area contributed by atoms with Gasteiger partial charge in [0.2, 0.25) is 0 Å². The van der Waals surface area contributed by atoms with E-state index in [2.05, 4.69) is 21.2 Å². The standard InChI is InChI=1S/C10H11BrN2O3/c11-7-3-8(13(14)15)5-10(4-7)16-9-1-2-12-6-9/h3-5,9,12H,1-2,6H2/t9-/m1/s1. The van der Waals surface area contributed by atoms with E-state index in [1.54, 1.807) is 6.07 Å². The molecule has 1 aliphatic rings. The van der Waals surface area contributed by atoms with Gasteiger partial charge in [0.1, 0.15) is 11.9 Å². The van der Waals surface area contributed by atoms with Crippen molar-refractivity contribution in [2.45, 2.75) is 12.5 Å². The maximum absolute atomic E-state index is 10.7. The average molecular weight is 287 g/mol. The highest BCUT2D eigenvalue weighted by atomic mass is 79.9. The minimum Gasteiger partial charge on any atom is -0.489 e. The van der Waals surface area contributed by atoms with E-state index in [9.17, 15) is 10.1 Å². The molecule has 0 aliphatic carbocycles. The highest BCUT2D eigenvalue weighted by molar-refractivity contribution is 9.10. The van der Waals surface area contributed by atoms with Crippen LogP contribution in [0.1, 0.15) is 6.42 Å². The van der Waals surface area contributed by atoms with E-state index in [1.807, 2.05) is 0 Å². The number of benzene rings is 1.